The second-order valence-electron chi connectivity index (χ2n) is 5.91. The molecule has 1 amide bonds. The summed E-state index contributed by atoms with van der Waals surface area (Å²) in [6, 6.07) is 0.472. The number of rotatable bonds is 5. The van der Waals surface area contributed by atoms with Crippen LogP contribution in [0.4, 0.5) is 0 Å². The van der Waals surface area contributed by atoms with Crippen molar-refractivity contribution in [3.8, 4) is 0 Å². The van der Waals surface area contributed by atoms with Gasteiger partial charge >= 0.3 is 0 Å². The van der Waals surface area contributed by atoms with Crippen LogP contribution in [0.15, 0.2) is 0 Å². The van der Waals surface area contributed by atoms with Crippen LogP contribution in [0.3, 0.4) is 0 Å². The zero-order chi connectivity index (χ0) is 14.6. The van der Waals surface area contributed by atoms with Gasteiger partial charge in [-0.15, -0.1) is 0 Å². The normalized spacial score (nSPS) is 22.4. The lowest BCUT2D eigenvalue weighted by Gasteiger charge is -2.32. The average molecular weight is 303 g/mol. The van der Waals surface area contributed by atoms with Crippen molar-refractivity contribution in [3.05, 3.63) is 0 Å². The average Bonchev–Trinajstić information content (AvgIpc) is 2.88. The van der Waals surface area contributed by atoms with E-state index in [0.717, 1.165) is 0 Å². The molecule has 0 bridgehead atoms. The molecular formula is C13H25N3O3S. The molecule has 1 saturated heterocycles. The number of nitrogens with zero attached hydrogens (tertiary/aromatic N) is 1. The van der Waals surface area contributed by atoms with Gasteiger partial charge in [0.05, 0.1) is 12.8 Å². The molecule has 0 atom stereocenters. The molecular weight excluding hydrogens is 278 g/mol. The summed E-state index contributed by atoms with van der Waals surface area (Å²) in [7, 11) is -3.15. The first-order valence-corrected chi connectivity index (χ1v) is 9.31. The second-order valence-corrected chi connectivity index (χ2v) is 7.69. The van der Waals surface area contributed by atoms with Gasteiger partial charge in [-0.1, -0.05) is 12.8 Å². The molecule has 1 saturated carbocycles. The Kier molecular flexibility index (Phi) is 5.40. The molecule has 0 spiro atoms. The topological polar surface area (TPSA) is 78.5 Å². The molecule has 2 rings (SSSR count). The van der Waals surface area contributed by atoms with Crippen LogP contribution < -0.4 is 10.0 Å². The highest BCUT2D eigenvalue weighted by Gasteiger charge is 2.25. The van der Waals surface area contributed by atoms with Gasteiger partial charge < -0.3 is 10.2 Å². The van der Waals surface area contributed by atoms with E-state index in [1.54, 1.807) is 0 Å². The van der Waals surface area contributed by atoms with Gasteiger partial charge in [0.1, 0.15) is 0 Å². The largest absolute Gasteiger partial charge is 0.341 e. The fraction of sp³-hybridized carbons (Fsp3) is 0.923. The Morgan fingerprint density at radius 2 is 1.70 bits per heavy atom. The van der Waals surface area contributed by atoms with Crippen molar-refractivity contribution in [2.45, 2.75) is 50.6 Å². The van der Waals surface area contributed by atoms with Crippen molar-refractivity contribution >= 4 is 15.9 Å². The van der Waals surface area contributed by atoms with E-state index >= 15 is 0 Å². The molecule has 0 unspecified atom stereocenters. The highest BCUT2D eigenvalue weighted by Crippen LogP contribution is 2.17. The van der Waals surface area contributed by atoms with Gasteiger partial charge in [-0.05, 0) is 25.7 Å². The lowest BCUT2D eigenvalue weighted by Crippen LogP contribution is -2.49. The number of likely N-dealkylation sites (tertiary alicyclic amines) is 1. The van der Waals surface area contributed by atoms with E-state index in [0.29, 0.717) is 38.5 Å². The van der Waals surface area contributed by atoms with Crippen LogP contribution in [0, 0.1) is 0 Å². The number of amides is 1. The standard InChI is InChI=1S/C13H25N3O3S/c1-20(18,19)15-12-6-8-16(9-7-12)13(17)10-14-11-4-2-3-5-11/h11-12,14-15H,2-10H2,1H3. The summed E-state index contributed by atoms with van der Waals surface area (Å²) < 4.78 is 24.9. The SMILES string of the molecule is CS(=O)(=O)NC1CCN(C(=O)CNC2CCCC2)CC1. The summed E-state index contributed by atoms with van der Waals surface area (Å²) in [5.74, 6) is 0.134. The van der Waals surface area contributed by atoms with Gasteiger partial charge in [0, 0.05) is 25.2 Å². The molecule has 0 aromatic heterocycles. The monoisotopic (exact) mass is 303 g/mol. The van der Waals surface area contributed by atoms with Crippen LogP contribution in [-0.4, -0.2) is 57.2 Å². The van der Waals surface area contributed by atoms with Crippen molar-refractivity contribution in [1.82, 2.24) is 14.9 Å². The smallest absolute Gasteiger partial charge is 0.236 e. The van der Waals surface area contributed by atoms with Gasteiger partial charge in [-0.25, -0.2) is 13.1 Å². The first-order chi connectivity index (χ1) is 9.44. The summed E-state index contributed by atoms with van der Waals surface area (Å²) in [6.07, 6.45) is 7.44. The third-order valence-electron chi connectivity index (χ3n) is 4.13. The zero-order valence-electron chi connectivity index (χ0n) is 12.1. The van der Waals surface area contributed by atoms with E-state index in [1.165, 1.54) is 31.9 Å². The molecule has 2 N–H and O–H groups in total. The van der Waals surface area contributed by atoms with Crippen LogP contribution in [-0.2, 0) is 14.8 Å². The molecule has 0 aromatic carbocycles. The van der Waals surface area contributed by atoms with Gasteiger partial charge in [0.25, 0.3) is 0 Å². The Labute approximate surface area is 121 Å². The minimum atomic E-state index is -3.15. The predicted octanol–water partition coefficient (Wildman–Crippen LogP) is 0.0588. The summed E-state index contributed by atoms with van der Waals surface area (Å²) in [5, 5.41) is 3.33. The van der Waals surface area contributed by atoms with Crippen molar-refractivity contribution in [3.63, 3.8) is 0 Å². The molecule has 116 valence electrons. The predicted molar refractivity (Wildman–Crippen MR) is 77.8 cm³/mol. The number of hydrogen-bond acceptors (Lipinski definition) is 4. The number of sulfonamides is 1. The minimum absolute atomic E-state index is 0.0307. The van der Waals surface area contributed by atoms with Crippen LogP contribution >= 0.6 is 0 Å². The molecule has 1 heterocycles. The Bertz CT molecular complexity index is 424. The van der Waals surface area contributed by atoms with E-state index in [9.17, 15) is 13.2 Å². The number of carbonyl (C=O) groups excluding carboxylic acids is 1. The van der Waals surface area contributed by atoms with E-state index < -0.39 is 10.0 Å². The van der Waals surface area contributed by atoms with Crippen molar-refractivity contribution in [2.75, 3.05) is 25.9 Å². The van der Waals surface area contributed by atoms with E-state index in [2.05, 4.69) is 10.0 Å². The Balaban J connectivity index is 1.68. The minimum Gasteiger partial charge on any atom is -0.341 e. The first-order valence-electron chi connectivity index (χ1n) is 7.42. The number of hydrogen-bond donors (Lipinski definition) is 2. The fourth-order valence-electron chi connectivity index (χ4n) is 3.02. The molecule has 2 aliphatic rings. The Hall–Kier alpha value is -0.660. The van der Waals surface area contributed by atoms with Crippen molar-refractivity contribution < 1.29 is 13.2 Å². The summed E-state index contributed by atoms with van der Waals surface area (Å²) >= 11 is 0. The highest BCUT2D eigenvalue weighted by atomic mass is 32.2. The highest BCUT2D eigenvalue weighted by molar-refractivity contribution is 7.88. The van der Waals surface area contributed by atoms with Crippen molar-refractivity contribution in [2.24, 2.45) is 0 Å². The van der Waals surface area contributed by atoms with E-state index in [4.69, 9.17) is 0 Å². The third kappa shape index (κ3) is 5.03. The zero-order valence-corrected chi connectivity index (χ0v) is 12.9. The Morgan fingerprint density at radius 1 is 1.10 bits per heavy atom. The maximum atomic E-state index is 12.1. The van der Waals surface area contributed by atoms with E-state index in [1.807, 2.05) is 4.90 Å². The molecule has 0 aromatic rings. The van der Waals surface area contributed by atoms with Crippen LogP contribution in [0.5, 0.6) is 0 Å². The van der Waals surface area contributed by atoms with Gasteiger partial charge in [0.15, 0.2) is 0 Å². The molecule has 0 radical (unpaired) electrons. The van der Waals surface area contributed by atoms with Crippen LogP contribution in [0.2, 0.25) is 0 Å². The number of piperidine rings is 1. The quantitative estimate of drug-likeness (QED) is 0.753. The second kappa shape index (κ2) is 6.87. The first kappa shape index (κ1) is 15.7. The molecule has 6 nitrogen and oxygen atoms in total. The van der Waals surface area contributed by atoms with E-state index in [-0.39, 0.29) is 11.9 Å². The van der Waals surface area contributed by atoms with Gasteiger partial charge in [-0.3, -0.25) is 4.79 Å². The lowest BCUT2D eigenvalue weighted by molar-refractivity contribution is -0.131. The molecule has 1 aliphatic carbocycles. The fourth-order valence-corrected chi connectivity index (χ4v) is 3.86. The van der Waals surface area contributed by atoms with Crippen LogP contribution in [0.1, 0.15) is 38.5 Å². The maximum Gasteiger partial charge on any atom is 0.236 e. The van der Waals surface area contributed by atoms with Crippen molar-refractivity contribution in [1.29, 1.82) is 0 Å². The summed E-state index contributed by atoms with van der Waals surface area (Å²) in [4.78, 5) is 13.9. The number of nitrogens with one attached hydrogen (secondary N) is 2. The molecule has 2 fully saturated rings. The maximum absolute atomic E-state index is 12.1. The lowest BCUT2D eigenvalue weighted by atomic mass is 10.1. The Morgan fingerprint density at radius 3 is 2.25 bits per heavy atom. The molecule has 20 heavy (non-hydrogen) atoms. The number of carbonyl (C=O) groups is 1. The molecule has 7 heteroatoms. The van der Waals surface area contributed by atoms with Gasteiger partial charge in [0.2, 0.25) is 15.9 Å². The third-order valence-corrected chi connectivity index (χ3v) is 4.89. The van der Waals surface area contributed by atoms with Gasteiger partial charge in [-0.2, -0.15) is 0 Å². The van der Waals surface area contributed by atoms with Crippen LogP contribution in [0.25, 0.3) is 0 Å². The molecule has 1 aliphatic heterocycles. The summed E-state index contributed by atoms with van der Waals surface area (Å²) in [6.45, 7) is 1.69. The summed E-state index contributed by atoms with van der Waals surface area (Å²) in [5.41, 5.74) is 0.